The van der Waals surface area contributed by atoms with Gasteiger partial charge in [-0.05, 0) is 18.6 Å². The summed E-state index contributed by atoms with van der Waals surface area (Å²) >= 11 is 0. The molecule has 0 aromatic carbocycles. The summed E-state index contributed by atoms with van der Waals surface area (Å²) in [7, 11) is 0. The first-order valence-corrected chi connectivity index (χ1v) is 4.63. The minimum atomic E-state index is 0.518. The molecule has 1 aromatic rings. The largest absolute Gasteiger partial charge is 0.262 e. The van der Waals surface area contributed by atoms with Crippen molar-refractivity contribution in [2.24, 2.45) is 5.10 Å². The van der Waals surface area contributed by atoms with Gasteiger partial charge in [-0.3, -0.25) is 9.99 Å². The first kappa shape index (κ1) is 8.23. The molecule has 0 radical (unpaired) electrons. The van der Waals surface area contributed by atoms with E-state index in [0.29, 0.717) is 6.04 Å². The van der Waals surface area contributed by atoms with Crippen LogP contribution in [0.1, 0.15) is 19.8 Å². The predicted molar refractivity (Wildman–Crippen MR) is 53.9 cm³/mol. The Bertz CT molecular complexity index is 294. The monoisotopic (exact) mass is 175 g/mol. The molecule has 0 bridgehead atoms. The zero-order valence-electron chi connectivity index (χ0n) is 7.72. The van der Waals surface area contributed by atoms with Crippen LogP contribution in [0.4, 0.5) is 5.69 Å². The van der Waals surface area contributed by atoms with Gasteiger partial charge in [0.2, 0.25) is 0 Å². The van der Waals surface area contributed by atoms with Crippen molar-refractivity contribution in [2.45, 2.75) is 25.8 Å². The van der Waals surface area contributed by atoms with E-state index in [-0.39, 0.29) is 0 Å². The van der Waals surface area contributed by atoms with Crippen molar-refractivity contribution in [3.63, 3.8) is 0 Å². The summed E-state index contributed by atoms with van der Waals surface area (Å²) in [5, 5.41) is 6.38. The third kappa shape index (κ3) is 1.54. The maximum Gasteiger partial charge on any atom is 0.0780 e. The average Bonchev–Trinajstić information content (AvgIpc) is 2.67. The Kier molecular flexibility index (Phi) is 2.25. The van der Waals surface area contributed by atoms with Crippen LogP contribution in [0.3, 0.4) is 0 Å². The smallest absolute Gasteiger partial charge is 0.0780 e. The molecule has 1 aliphatic rings. The van der Waals surface area contributed by atoms with Gasteiger partial charge in [0.1, 0.15) is 0 Å². The van der Waals surface area contributed by atoms with E-state index in [1.54, 1.807) is 6.20 Å². The van der Waals surface area contributed by atoms with E-state index in [1.165, 1.54) is 0 Å². The fraction of sp³-hybridized carbons (Fsp3) is 0.400. The van der Waals surface area contributed by atoms with E-state index in [2.05, 4.69) is 17.0 Å². The van der Waals surface area contributed by atoms with Gasteiger partial charge in [-0.1, -0.05) is 6.92 Å². The minimum Gasteiger partial charge on any atom is -0.262 e. The molecule has 3 nitrogen and oxygen atoms in total. The maximum absolute atomic E-state index is 4.33. The summed E-state index contributed by atoms with van der Waals surface area (Å²) < 4.78 is 0. The molecule has 0 spiro atoms. The van der Waals surface area contributed by atoms with Gasteiger partial charge >= 0.3 is 0 Å². The number of pyridine rings is 1. The van der Waals surface area contributed by atoms with Gasteiger partial charge in [-0.25, -0.2) is 0 Å². The standard InChI is InChI=1S/C10H13N3/c1-2-9-5-7-12-13(9)10-4-3-6-11-8-10/h3-4,6-9H,2,5H2,1H3. The van der Waals surface area contributed by atoms with Crippen LogP contribution in [0, 0.1) is 0 Å². The van der Waals surface area contributed by atoms with E-state index in [0.717, 1.165) is 18.5 Å². The minimum absolute atomic E-state index is 0.518. The fourth-order valence-corrected chi connectivity index (χ4v) is 1.56. The zero-order chi connectivity index (χ0) is 9.10. The van der Waals surface area contributed by atoms with Crippen molar-refractivity contribution in [1.82, 2.24) is 4.98 Å². The molecule has 1 aliphatic heterocycles. The van der Waals surface area contributed by atoms with Crippen molar-refractivity contribution in [3.05, 3.63) is 24.5 Å². The Morgan fingerprint density at radius 2 is 2.54 bits per heavy atom. The Morgan fingerprint density at radius 3 is 3.23 bits per heavy atom. The highest BCUT2D eigenvalue weighted by atomic mass is 15.5. The van der Waals surface area contributed by atoms with Gasteiger partial charge in [0.25, 0.3) is 0 Å². The third-order valence-electron chi connectivity index (χ3n) is 2.31. The first-order valence-electron chi connectivity index (χ1n) is 4.63. The molecule has 0 saturated carbocycles. The number of anilines is 1. The summed E-state index contributed by atoms with van der Waals surface area (Å²) in [4.78, 5) is 4.08. The van der Waals surface area contributed by atoms with Crippen molar-refractivity contribution in [2.75, 3.05) is 5.01 Å². The van der Waals surface area contributed by atoms with E-state index >= 15 is 0 Å². The number of aromatic nitrogens is 1. The third-order valence-corrected chi connectivity index (χ3v) is 2.31. The van der Waals surface area contributed by atoms with Gasteiger partial charge < -0.3 is 0 Å². The zero-order valence-corrected chi connectivity index (χ0v) is 7.72. The lowest BCUT2D eigenvalue weighted by molar-refractivity contribution is 0.640. The Morgan fingerprint density at radius 1 is 1.62 bits per heavy atom. The molecule has 1 aromatic heterocycles. The molecule has 0 amide bonds. The molecule has 13 heavy (non-hydrogen) atoms. The highest BCUT2D eigenvalue weighted by molar-refractivity contribution is 5.66. The predicted octanol–water partition coefficient (Wildman–Crippen LogP) is 2.06. The first-order chi connectivity index (χ1) is 6.42. The normalized spacial score (nSPS) is 21.0. The molecule has 3 heteroatoms. The molecule has 1 atom stereocenters. The van der Waals surface area contributed by atoms with Crippen LogP contribution >= 0.6 is 0 Å². The van der Waals surface area contributed by atoms with Gasteiger partial charge in [-0.15, -0.1) is 0 Å². The van der Waals surface area contributed by atoms with E-state index in [9.17, 15) is 0 Å². The molecule has 2 heterocycles. The highest BCUT2D eigenvalue weighted by Crippen LogP contribution is 2.22. The van der Waals surface area contributed by atoms with Crippen LogP contribution in [0.25, 0.3) is 0 Å². The van der Waals surface area contributed by atoms with Crippen LogP contribution in [-0.4, -0.2) is 17.2 Å². The maximum atomic E-state index is 4.33. The summed E-state index contributed by atoms with van der Waals surface area (Å²) in [5.41, 5.74) is 1.09. The number of hydrogen-bond acceptors (Lipinski definition) is 3. The lowest BCUT2D eigenvalue weighted by atomic mass is 10.1. The molecule has 0 saturated heterocycles. The number of nitrogens with zero attached hydrogens (tertiary/aromatic N) is 3. The molecular formula is C10H13N3. The molecular weight excluding hydrogens is 162 g/mol. The molecule has 68 valence electrons. The van der Waals surface area contributed by atoms with Gasteiger partial charge in [0.05, 0.1) is 17.9 Å². The Balaban J connectivity index is 2.21. The molecule has 0 N–H and O–H groups in total. The molecule has 1 unspecified atom stereocenters. The SMILES string of the molecule is CCC1CC=NN1c1cccnc1. The van der Waals surface area contributed by atoms with Crippen molar-refractivity contribution in [3.8, 4) is 0 Å². The fourth-order valence-electron chi connectivity index (χ4n) is 1.56. The summed E-state index contributed by atoms with van der Waals surface area (Å²) in [6.45, 7) is 2.18. The topological polar surface area (TPSA) is 28.5 Å². The highest BCUT2D eigenvalue weighted by Gasteiger charge is 2.19. The van der Waals surface area contributed by atoms with E-state index in [4.69, 9.17) is 0 Å². The van der Waals surface area contributed by atoms with Gasteiger partial charge in [0, 0.05) is 18.8 Å². The lowest BCUT2D eigenvalue weighted by Gasteiger charge is -2.21. The molecule has 2 rings (SSSR count). The lowest BCUT2D eigenvalue weighted by Crippen LogP contribution is -2.25. The molecule has 0 fully saturated rings. The second kappa shape index (κ2) is 3.56. The number of hydrazone groups is 1. The van der Waals surface area contributed by atoms with Crippen molar-refractivity contribution < 1.29 is 0 Å². The van der Waals surface area contributed by atoms with E-state index in [1.807, 2.05) is 29.6 Å². The van der Waals surface area contributed by atoms with Crippen LogP contribution < -0.4 is 5.01 Å². The van der Waals surface area contributed by atoms with Crippen molar-refractivity contribution in [1.29, 1.82) is 0 Å². The molecule has 0 aliphatic carbocycles. The van der Waals surface area contributed by atoms with Gasteiger partial charge in [0.15, 0.2) is 0 Å². The average molecular weight is 175 g/mol. The number of rotatable bonds is 2. The van der Waals surface area contributed by atoms with Crippen LogP contribution in [0.15, 0.2) is 29.6 Å². The summed E-state index contributed by atoms with van der Waals surface area (Å²) in [6, 6.07) is 4.50. The van der Waals surface area contributed by atoms with Crippen LogP contribution in [-0.2, 0) is 0 Å². The Labute approximate surface area is 78.1 Å². The quantitative estimate of drug-likeness (QED) is 0.688. The van der Waals surface area contributed by atoms with Crippen LogP contribution in [0.2, 0.25) is 0 Å². The summed E-state index contributed by atoms with van der Waals surface area (Å²) in [5.74, 6) is 0. The van der Waals surface area contributed by atoms with Crippen molar-refractivity contribution >= 4 is 11.9 Å². The van der Waals surface area contributed by atoms with E-state index < -0.39 is 0 Å². The van der Waals surface area contributed by atoms with Crippen LogP contribution in [0.5, 0.6) is 0 Å². The van der Waals surface area contributed by atoms with Gasteiger partial charge in [-0.2, -0.15) is 5.10 Å². The summed E-state index contributed by atoms with van der Waals surface area (Å²) in [6.07, 6.45) is 7.77. The second-order valence-corrected chi connectivity index (χ2v) is 3.15. The number of hydrogen-bond donors (Lipinski definition) is 0. The second-order valence-electron chi connectivity index (χ2n) is 3.15. The Hall–Kier alpha value is -1.38.